The van der Waals surface area contributed by atoms with Crippen molar-refractivity contribution in [2.75, 3.05) is 6.61 Å². The number of esters is 1. The molecule has 24 heavy (non-hydrogen) atoms. The molecule has 3 nitrogen and oxygen atoms in total. The van der Waals surface area contributed by atoms with Gasteiger partial charge < -0.3 is 4.74 Å². The van der Waals surface area contributed by atoms with Crippen LogP contribution in [0.3, 0.4) is 0 Å². The molecule has 0 saturated carbocycles. The zero-order valence-corrected chi connectivity index (χ0v) is 13.8. The Morgan fingerprint density at radius 1 is 0.875 bits per heavy atom. The highest BCUT2D eigenvalue weighted by molar-refractivity contribution is 5.90. The normalized spacial score (nSPS) is 10.4. The number of rotatable bonds is 4. The van der Waals surface area contributed by atoms with Gasteiger partial charge in [0.2, 0.25) is 0 Å². The van der Waals surface area contributed by atoms with Gasteiger partial charge in [0.05, 0.1) is 23.6 Å². The van der Waals surface area contributed by atoms with Crippen LogP contribution in [0.25, 0.3) is 22.5 Å². The van der Waals surface area contributed by atoms with Crippen LogP contribution < -0.4 is 0 Å². The summed E-state index contributed by atoms with van der Waals surface area (Å²) in [6.07, 6.45) is 0. The minimum absolute atomic E-state index is 0.301. The Morgan fingerprint density at radius 2 is 1.42 bits per heavy atom. The summed E-state index contributed by atoms with van der Waals surface area (Å²) in [5, 5.41) is 0. The molecule has 1 heterocycles. The Morgan fingerprint density at radius 3 is 1.96 bits per heavy atom. The van der Waals surface area contributed by atoms with E-state index in [2.05, 4.69) is 31.2 Å². The molecule has 3 aromatic rings. The van der Waals surface area contributed by atoms with E-state index in [4.69, 9.17) is 9.72 Å². The number of aryl methyl sites for hydroxylation is 1. The zero-order chi connectivity index (χ0) is 16.9. The van der Waals surface area contributed by atoms with Crippen LogP contribution in [0.1, 0.15) is 22.8 Å². The smallest absolute Gasteiger partial charge is 0.338 e. The average Bonchev–Trinajstić information content (AvgIpc) is 2.63. The lowest BCUT2D eigenvalue weighted by Crippen LogP contribution is -2.04. The van der Waals surface area contributed by atoms with E-state index in [0.29, 0.717) is 12.2 Å². The van der Waals surface area contributed by atoms with E-state index < -0.39 is 0 Å². The third kappa shape index (κ3) is 3.51. The number of benzene rings is 2. The summed E-state index contributed by atoms with van der Waals surface area (Å²) in [6, 6.07) is 21.6. The summed E-state index contributed by atoms with van der Waals surface area (Å²) in [6.45, 7) is 4.24. The molecule has 0 radical (unpaired) electrons. The average molecular weight is 317 g/mol. The van der Waals surface area contributed by atoms with Crippen molar-refractivity contribution in [3.63, 3.8) is 0 Å². The van der Waals surface area contributed by atoms with Crippen LogP contribution in [0.2, 0.25) is 0 Å². The molecule has 2 aromatic carbocycles. The molecular formula is C21H19NO2. The maximum Gasteiger partial charge on any atom is 0.338 e. The molecule has 0 aliphatic rings. The third-order valence-electron chi connectivity index (χ3n) is 3.79. The van der Waals surface area contributed by atoms with Gasteiger partial charge in [0.15, 0.2) is 0 Å². The maximum atomic E-state index is 11.7. The number of hydrogen-bond acceptors (Lipinski definition) is 3. The fourth-order valence-corrected chi connectivity index (χ4v) is 2.47. The van der Waals surface area contributed by atoms with Crippen LogP contribution in [0.5, 0.6) is 0 Å². The number of aromatic nitrogens is 1. The summed E-state index contributed by atoms with van der Waals surface area (Å²) >= 11 is 0. The fraction of sp³-hybridized carbons (Fsp3) is 0.143. The number of pyridine rings is 1. The molecule has 120 valence electrons. The van der Waals surface area contributed by atoms with E-state index in [-0.39, 0.29) is 5.97 Å². The second kappa shape index (κ2) is 7.09. The number of carbonyl (C=O) groups excluding carboxylic acids is 1. The third-order valence-corrected chi connectivity index (χ3v) is 3.79. The highest BCUT2D eigenvalue weighted by atomic mass is 16.5. The first kappa shape index (κ1) is 15.9. The first-order valence-electron chi connectivity index (χ1n) is 7.99. The largest absolute Gasteiger partial charge is 0.462 e. The summed E-state index contributed by atoms with van der Waals surface area (Å²) < 4.78 is 5.01. The Bertz CT molecular complexity index is 836. The molecule has 3 heteroatoms. The molecule has 0 unspecified atom stereocenters. The number of nitrogens with zero attached hydrogens (tertiary/aromatic N) is 1. The molecule has 3 rings (SSSR count). The molecule has 0 bridgehead atoms. The molecule has 0 spiro atoms. The van der Waals surface area contributed by atoms with E-state index in [1.54, 1.807) is 19.1 Å². The van der Waals surface area contributed by atoms with Crippen molar-refractivity contribution in [3.8, 4) is 22.5 Å². The van der Waals surface area contributed by atoms with Gasteiger partial charge in [-0.1, -0.05) is 48.0 Å². The van der Waals surface area contributed by atoms with Gasteiger partial charge in [-0.05, 0) is 38.1 Å². The van der Waals surface area contributed by atoms with Gasteiger partial charge in [-0.3, -0.25) is 0 Å². The molecule has 0 amide bonds. The lowest BCUT2D eigenvalue weighted by molar-refractivity contribution is 0.0526. The van der Waals surface area contributed by atoms with E-state index in [1.807, 2.05) is 30.3 Å². The Hall–Kier alpha value is -2.94. The van der Waals surface area contributed by atoms with Crippen molar-refractivity contribution in [3.05, 3.63) is 77.9 Å². The minimum atomic E-state index is -0.301. The lowest BCUT2D eigenvalue weighted by atomic mass is 10.1. The van der Waals surface area contributed by atoms with E-state index in [1.165, 1.54) is 5.56 Å². The van der Waals surface area contributed by atoms with Crippen LogP contribution in [-0.2, 0) is 4.74 Å². The van der Waals surface area contributed by atoms with Gasteiger partial charge in [-0.15, -0.1) is 0 Å². The Balaban J connectivity index is 1.88. The van der Waals surface area contributed by atoms with Gasteiger partial charge in [-0.2, -0.15) is 0 Å². The van der Waals surface area contributed by atoms with E-state index >= 15 is 0 Å². The Labute approximate surface area is 142 Å². The van der Waals surface area contributed by atoms with Crippen molar-refractivity contribution in [1.82, 2.24) is 4.98 Å². The highest BCUT2D eigenvalue weighted by Crippen LogP contribution is 2.23. The topological polar surface area (TPSA) is 39.2 Å². The van der Waals surface area contributed by atoms with E-state index in [9.17, 15) is 4.79 Å². The van der Waals surface area contributed by atoms with Gasteiger partial charge in [-0.25, -0.2) is 9.78 Å². The number of hydrogen-bond donors (Lipinski definition) is 0. The van der Waals surface area contributed by atoms with Gasteiger partial charge in [0, 0.05) is 11.1 Å². The predicted molar refractivity (Wildman–Crippen MR) is 95.8 cm³/mol. The van der Waals surface area contributed by atoms with Crippen LogP contribution in [0.15, 0.2) is 66.7 Å². The molecule has 0 aliphatic carbocycles. The van der Waals surface area contributed by atoms with Crippen LogP contribution in [-0.4, -0.2) is 17.6 Å². The molecular weight excluding hydrogens is 298 g/mol. The van der Waals surface area contributed by atoms with Crippen molar-refractivity contribution in [2.24, 2.45) is 0 Å². The molecule has 0 aliphatic heterocycles. The van der Waals surface area contributed by atoms with Gasteiger partial charge in [0.1, 0.15) is 0 Å². The Kier molecular flexibility index (Phi) is 4.71. The standard InChI is InChI=1S/C21H19NO2/c1-3-24-21(23)18-13-11-17(12-14-18)20-6-4-5-19(22-20)16-9-7-15(2)8-10-16/h4-14H,3H2,1-2H3. The van der Waals surface area contributed by atoms with E-state index in [0.717, 1.165) is 22.5 Å². The first-order valence-corrected chi connectivity index (χ1v) is 7.99. The predicted octanol–water partition coefficient (Wildman–Crippen LogP) is 4.90. The van der Waals surface area contributed by atoms with Crippen molar-refractivity contribution >= 4 is 5.97 Å². The summed E-state index contributed by atoms with van der Waals surface area (Å²) in [5.41, 5.74) is 5.65. The minimum Gasteiger partial charge on any atom is -0.462 e. The molecule has 1 aromatic heterocycles. The monoisotopic (exact) mass is 317 g/mol. The highest BCUT2D eigenvalue weighted by Gasteiger charge is 2.08. The van der Waals surface area contributed by atoms with Gasteiger partial charge in [0.25, 0.3) is 0 Å². The van der Waals surface area contributed by atoms with Crippen LogP contribution in [0, 0.1) is 6.92 Å². The van der Waals surface area contributed by atoms with Crippen LogP contribution >= 0.6 is 0 Å². The zero-order valence-electron chi connectivity index (χ0n) is 13.8. The molecule has 0 saturated heterocycles. The summed E-state index contributed by atoms with van der Waals surface area (Å²) in [4.78, 5) is 16.5. The van der Waals surface area contributed by atoms with Crippen molar-refractivity contribution in [1.29, 1.82) is 0 Å². The molecule has 0 fully saturated rings. The fourth-order valence-electron chi connectivity index (χ4n) is 2.47. The quantitative estimate of drug-likeness (QED) is 0.642. The van der Waals surface area contributed by atoms with Gasteiger partial charge >= 0.3 is 5.97 Å². The second-order valence-electron chi connectivity index (χ2n) is 5.57. The second-order valence-corrected chi connectivity index (χ2v) is 5.57. The summed E-state index contributed by atoms with van der Waals surface area (Å²) in [5.74, 6) is -0.301. The molecule has 0 N–H and O–H groups in total. The van der Waals surface area contributed by atoms with Crippen molar-refractivity contribution < 1.29 is 9.53 Å². The lowest BCUT2D eigenvalue weighted by Gasteiger charge is -2.07. The first-order chi connectivity index (χ1) is 11.7. The van der Waals surface area contributed by atoms with Crippen molar-refractivity contribution in [2.45, 2.75) is 13.8 Å². The van der Waals surface area contributed by atoms with Crippen LogP contribution in [0.4, 0.5) is 0 Å². The number of carbonyl (C=O) groups is 1. The molecule has 0 atom stereocenters. The summed E-state index contributed by atoms with van der Waals surface area (Å²) in [7, 11) is 0. The number of ether oxygens (including phenoxy) is 1. The maximum absolute atomic E-state index is 11.7. The SMILES string of the molecule is CCOC(=O)c1ccc(-c2cccc(-c3ccc(C)cc3)n2)cc1.